The summed E-state index contributed by atoms with van der Waals surface area (Å²) in [4.78, 5) is 17.6. The van der Waals surface area contributed by atoms with Gasteiger partial charge in [-0.1, -0.05) is 23.7 Å². The molecule has 1 N–H and O–H groups in total. The molecule has 0 bridgehead atoms. The zero-order valence-corrected chi connectivity index (χ0v) is 10.6. The van der Waals surface area contributed by atoms with E-state index in [9.17, 15) is 9.90 Å². The topological polar surface area (TPSA) is 49.8 Å². The third-order valence-electron chi connectivity index (χ3n) is 3.58. The molecule has 1 atom stereocenters. The normalized spacial score (nSPS) is 25.2. The Morgan fingerprint density at radius 2 is 2.06 bits per heavy atom. The molecule has 4 nitrogen and oxygen atoms in total. The molecule has 2 fully saturated rings. The van der Waals surface area contributed by atoms with Crippen molar-refractivity contribution in [3.05, 3.63) is 34.9 Å². The van der Waals surface area contributed by atoms with Crippen molar-refractivity contribution in [2.24, 2.45) is 0 Å². The second kappa shape index (κ2) is 4.23. The van der Waals surface area contributed by atoms with Gasteiger partial charge in [-0.15, -0.1) is 0 Å². The maximum Gasteiger partial charge on any atom is 0.256 e. The van der Waals surface area contributed by atoms with Crippen LogP contribution in [0.4, 0.5) is 0 Å². The van der Waals surface area contributed by atoms with Gasteiger partial charge >= 0.3 is 0 Å². The molecule has 0 aromatic heterocycles. The van der Waals surface area contributed by atoms with Crippen LogP contribution in [0.1, 0.15) is 18.4 Å². The van der Waals surface area contributed by atoms with Gasteiger partial charge in [0.2, 0.25) is 0 Å². The predicted molar refractivity (Wildman–Crippen MR) is 66.0 cm³/mol. The van der Waals surface area contributed by atoms with Gasteiger partial charge in [0.15, 0.2) is 0 Å². The van der Waals surface area contributed by atoms with Crippen molar-refractivity contribution in [3.8, 4) is 0 Å². The Balaban J connectivity index is 1.82. The average Bonchev–Trinajstić information content (AvgIpc) is 3.06. The molecule has 3 rings (SSSR count). The van der Waals surface area contributed by atoms with E-state index in [0.717, 1.165) is 18.4 Å². The van der Waals surface area contributed by atoms with Crippen LogP contribution in [0, 0.1) is 0 Å². The first-order valence-corrected chi connectivity index (χ1v) is 6.39. The standard InChI is InChI=1S/C13H14ClNO3/c14-10-3-1-9(2-4-10)13(5-6-13)12(17)15-7-11(16)8-18-15/h1-4,11,16H,5-8H2. The van der Waals surface area contributed by atoms with Crippen LogP contribution in [0.2, 0.25) is 5.02 Å². The lowest BCUT2D eigenvalue weighted by atomic mass is 9.95. The fourth-order valence-electron chi connectivity index (χ4n) is 2.37. The highest BCUT2D eigenvalue weighted by molar-refractivity contribution is 6.30. The van der Waals surface area contributed by atoms with E-state index in [2.05, 4.69) is 0 Å². The molecule has 18 heavy (non-hydrogen) atoms. The maximum absolute atomic E-state index is 12.4. The zero-order valence-electron chi connectivity index (χ0n) is 9.80. The Morgan fingerprint density at radius 1 is 1.39 bits per heavy atom. The van der Waals surface area contributed by atoms with Crippen LogP contribution >= 0.6 is 11.6 Å². The van der Waals surface area contributed by atoms with Crippen LogP contribution in [0.15, 0.2) is 24.3 Å². The van der Waals surface area contributed by atoms with Gasteiger partial charge in [0.25, 0.3) is 5.91 Å². The van der Waals surface area contributed by atoms with Crippen molar-refractivity contribution in [2.75, 3.05) is 13.2 Å². The molecule has 1 saturated heterocycles. The number of carbonyl (C=O) groups excluding carboxylic acids is 1. The molecule has 5 heteroatoms. The third kappa shape index (κ3) is 1.90. The largest absolute Gasteiger partial charge is 0.389 e. The number of rotatable bonds is 2. The molecule has 1 aromatic carbocycles. The van der Waals surface area contributed by atoms with Gasteiger partial charge in [0, 0.05) is 5.02 Å². The molecule has 2 aliphatic rings. The summed E-state index contributed by atoms with van der Waals surface area (Å²) in [5.74, 6) is -0.0543. The Morgan fingerprint density at radius 3 is 2.56 bits per heavy atom. The minimum absolute atomic E-state index is 0.0543. The van der Waals surface area contributed by atoms with Crippen molar-refractivity contribution in [3.63, 3.8) is 0 Å². The number of amides is 1. The quantitative estimate of drug-likeness (QED) is 0.884. The molecule has 1 heterocycles. The Kier molecular flexibility index (Phi) is 2.81. The Bertz CT molecular complexity index is 470. The number of hydrogen-bond donors (Lipinski definition) is 1. The molecular weight excluding hydrogens is 254 g/mol. The number of aliphatic hydroxyl groups excluding tert-OH is 1. The van der Waals surface area contributed by atoms with Crippen molar-refractivity contribution < 1.29 is 14.7 Å². The lowest BCUT2D eigenvalue weighted by Crippen LogP contribution is -2.37. The summed E-state index contributed by atoms with van der Waals surface area (Å²) in [6, 6.07) is 7.37. The highest BCUT2D eigenvalue weighted by Crippen LogP contribution is 2.50. The van der Waals surface area contributed by atoms with Crippen LogP contribution in [-0.4, -0.2) is 35.3 Å². The van der Waals surface area contributed by atoms with Crippen molar-refractivity contribution in [1.82, 2.24) is 5.06 Å². The van der Waals surface area contributed by atoms with Crippen LogP contribution < -0.4 is 0 Å². The first-order valence-electron chi connectivity index (χ1n) is 6.01. The summed E-state index contributed by atoms with van der Waals surface area (Å²) >= 11 is 5.85. The number of aliphatic hydroxyl groups is 1. The van der Waals surface area contributed by atoms with Crippen LogP contribution in [0.25, 0.3) is 0 Å². The highest BCUT2D eigenvalue weighted by atomic mass is 35.5. The second-order valence-electron chi connectivity index (χ2n) is 4.90. The fourth-order valence-corrected chi connectivity index (χ4v) is 2.50. The SMILES string of the molecule is O=C(N1CC(O)CO1)C1(c2ccc(Cl)cc2)CC1. The first-order chi connectivity index (χ1) is 8.62. The molecular formula is C13H14ClNO3. The zero-order chi connectivity index (χ0) is 12.8. The van der Waals surface area contributed by atoms with E-state index in [-0.39, 0.29) is 19.1 Å². The first kappa shape index (κ1) is 12.0. The number of nitrogens with zero attached hydrogens (tertiary/aromatic N) is 1. The number of hydrogen-bond acceptors (Lipinski definition) is 3. The van der Waals surface area contributed by atoms with Gasteiger partial charge in [-0.2, -0.15) is 0 Å². The molecule has 0 radical (unpaired) electrons. The summed E-state index contributed by atoms with van der Waals surface area (Å²) in [6.45, 7) is 0.455. The van der Waals surface area contributed by atoms with E-state index in [4.69, 9.17) is 16.4 Å². The Labute approximate surface area is 110 Å². The van der Waals surface area contributed by atoms with Gasteiger partial charge in [-0.3, -0.25) is 9.63 Å². The van der Waals surface area contributed by atoms with Crippen molar-refractivity contribution >= 4 is 17.5 Å². The highest BCUT2D eigenvalue weighted by Gasteiger charge is 2.54. The van der Waals surface area contributed by atoms with Gasteiger partial charge < -0.3 is 5.11 Å². The van der Waals surface area contributed by atoms with E-state index in [1.165, 1.54) is 5.06 Å². The van der Waals surface area contributed by atoms with E-state index in [0.29, 0.717) is 5.02 Å². The minimum atomic E-state index is -0.574. The molecule has 1 amide bonds. The third-order valence-corrected chi connectivity index (χ3v) is 3.83. The van der Waals surface area contributed by atoms with Gasteiger partial charge in [0.05, 0.1) is 18.1 Å². The molecule has 1 aliphatic carbocycles. The van der Waals surface area contributed by atoms with Crippen LogP contribution in [0.5, 0.6) is 0 Å². The van der Waals surface area contributed by atoms with Gasteiger partial charge in [-0.25, -0.2) is 5.06 Å². The smallest absolute Gasteiger partial charge is 0.256 e. The molecule has 96 valence electrons. The summed E-state index contributed by atoms with van der Waals surface area (Å²) in [7, 11) is 0. The number of carbonyl (C=O) groups is 1. The van der Waals surface area contributed by atoms with Crippen LogP contribution in [-0.2, 0) is 15.0 Å². The molecule has 1 saturated carbocycles. The Hall–Kier alpha value is -1.10. The van der Waals surface area contributed by atoms with Crippen LogP contribution in [0.3, 0.4) is 0 Å². The summed E-state index contributed by atoms with van der Waals surface area (Å²) in [6.07, 6.45) is 1.07. The van der Waals surface area contributed by atoms with Crippen molar-refractivity contribution in [2.45, 2.75) is 24.4 Å². The lowest BCUT2D eigenvalue weighted by Gasteiger charge is -2.21. The van der Waals surface area contributed by atoms with E-state index in [1.54, 1.807) is 12.1 Å². The molecule has 1 aromatic rings. The molecule has 0 spiro atoms. The summed E-state index contributed by atoms with van der Waals surface area (Å²) in [5.41, 5.74) is 0.510. The van der Waals surface area contributed by atoms with Gasteiger partial charge in [-0.05, 0) is 30.5 Å². The number of halogens is 1. The maximum atomic E-state index is 12.4. The predicted octanol–water partition coefficient (Wildman–Crippen LogP) is 1.51. The van der Waals surface area contributed by atoms with Gasteiger partial charge in [0.1, 0.15) is 6.61 Å². The molecule has 1 unspecified atom stereocenters. The van der Waals surface area contributed by atoms with E-state index < -0.39 is 11.5 Å². The number of β-amino-alcohol motifs (C(OH)–C–C–N with tert-alkyl or cyclic N) is 1. The number of hydroxylamine groups is 2. The minimum Gasteiger partial charge on any atom is -0.389 e. The van der Waals surface area contributed by atoms with Crippen molar-refractivity contribution in [1.29, 1.82) is 0 Å². The van der Waals surface area contributed by atoms with E-state index in [1.807, 2.05) is 12.1 Å². The average molecular weight is 268 g/mol. The number of benzene rings is 1. The summed E-state index contributed by atoms with van der Waals surface area (Å²) < 4.78 is 0. The molecule has 1 aliphatic heterocycles. The second-order valence-corrected chi connectivity index (χ2v) is 5.34. The monoisotopic (exact) mass is 267 g/mol. The lowest BCUT2D eigenvalue weighted by molar-refractivity contribution is -0.171. The fraction of sp³-hybridized carbons (Fsp3) is 0.462. The van der Waals surface area contributed by atoms with E-state index >= 15 is 0 Å². The summed E-state index contributed by atoms with van der Waals surface area (Å²) in [5, 5.41) is 11.4.